The number of aryl methyl sites for hydroxylation is 1. The van der Waals surface area contributed by atoms with Gasteiger partial charge >= 0.3 is 0 Å². The molecule has 2 aliphatic heterocycles. The van der Waals surface area contributed by atoms with Crippen molar-refractivity contribution in [2.75, 3.05) is 24.5 Å². The Labute approximate surface area is 103 Å². The topological polar surface area (TPSA) is 19.4 Å². The molecular formula is C14H21N3. The number of pyridine rings is 1. The van der Waals surface area contributed by atoms with Crippen LogP contribution in [0.3, 0.4) is 0 Å². The summed E-state index contributed by atoms with van der Waals surface area (Å²) >= 11 is 0. The van der Waals surface area contributed by atoms with E-state index in [-0.39, 0.29) is 0 Å². The van der Waals surface area contributed by atoms with Gasteiger partial charge < -0.3 is 4.90 Å². The van der Waals surface area contributed by atoms with Crippen molar-refractivity contribution in [2.24, 2.45) is 0 Å². The van der Waals surface area contributed by atoms with Crippen LogP contribution >= 0.6 is 0 Å². The molecule has 3 nitrogen and oxygen atoms in total. The van der Waals surface area contributed by atoms with Crippen molar-refractivity contribution in [3.8, 4) is 0 Å². The number of fused-ring (bicyclic) bond motifs is 1. The largest absolute Gasteiger partial charge is 0.365 e. The van der Waals surface area contributed by atoms with E-state index in [1.807, 2.05) is 12.4 Å². The van der Waals surface area contributed by atoms with Gasteiger partial charge in [0.05, 0.1) is 11.9 Å². The average Bonchev–Trinajstić information content (AvgIpc) is 2.76. The van der Waals surface area contributed by atoms with Crippen LogP contribution in [-0.2, 0) is 0 Å². The quantitative estimate of drug-likeness (QED) is 0.737. The monoisotopic (exact) mass is 231 g/mol. The molecule has 17 heavy (non-hydrogen) atoms. The third-order valence-corrected chi connectivity index (χ3v) is 4.26. The smallest absolute Gasteiger partial charge is 0.0585 e. The third-order valence-electron chi connectivity index (χ3n) is 4.26. The summed E-state index contributed by atoms with van der Waals surface area (Å²) in [6, 6.07) is 3.49. The zero-order chi connectivity index (χ0) is 11.8. The van der Waals surface area contributed by atoms with Crippen LogP contribution in [0, 0.1) is 6.92 Å². The average molecular weight is 231 g/mol. The molecule has 1 aromatic heterocycles. The summed E-state index contributed by atoms with van der Waals surface area (Å²) in [6.07, 6.45) is 6.64. The first-order valence-electron chi connectivity index (χ1n) is 6.67. The van der Waals surface area contributed by atoms with Crippen molar-refractivity contribution in [3.05, 3.63) is 24.0 Å². The van der Waals surface area contributed by atoms with E-state index in [1.165, 1.54) is 43.7 Å². The molecule has 2 fully saturated rings. The fraction of sp³-hybridized carbons (Fsp3) is 0.643. The van der Waals surface area contributed by atoms with E-state index >= 15 is 0 Å². The maximum Gasteiger partial charge on any atom is 0.0585 e. The Morgan fingerprint density at radius 2 is 2.24 bits per heavy atom. The molecule has 92 valence electrons. The SMILES string of the molecule is Cc1ccncc1N1CC2CCCN2CC1C. The Balaban J connectivity index is 1.85. The van der Waals surface area contributed by atoms with E-state index in [2.05, 4.69) is 34.7 Å². The number of hydrogen-bond acceptors (Lipinski definition) is 3. The predicted octanol–water partition coefficient (Wildman–Crippen LogP) is 2.06. The molecule has 3 heteroatoms. The fourth-order valence-corrected chi connectivity index (χ4v) is 3.28. The van der Waals surface area contributed by atoms with Crippen molar-refractivity contribution in [1.29, 1.82) is 0 Å². The lowest BCUT2D eigenvalue weighted by Crippen LogP contribution is -2.55. The number of aromatic nitrogens is 1. The lowest BCUT2D eigenvalue weighted by molar-refractivity contribution is 0.203. The Morgan fingerprint density at radius 3 is 3.06 bits per heavy atom. The molecule has 3 rings (SSSR count). The van der Waals surface area contributed by atoms with Gasteiger partial charge in [0.15, 0.2) is 0 Å². The molecule has 2 aliphatic rings. The molecule has 0 saturated carbocycles. The highest BCUT2D eigenvalue weighted by molar-refractivity contribution is 5.52. The highest BCUT2D eigenvalue weighted by atomic mass is 15.3. The fourth-order valence-electron chi connectivity index (χ4n) is 3.28. The van der Waals surface area contributed by atoms with E-state index in [0.717, 1.165) is 6.04 Å². The highest BCUT2D eigenvalue weighted by Gasteiger charge is 2.34. The van der Waals surface area contributed by atoms with Gasteiger partial charge in [0.25, 0.3) is 0 Å². The number of piperazine rings is 1. The maximum absolute atomic E-state index is 4.29. The molecule has 3 heterocycles. The summed E-state index contributed by atoms with van der Waals surface area (Å²) in [5, 5.41) is 0. The number of hydrogen-bond donors (Lipinski definition) is 0. The van der Waals surface area contributed by atoms with Crippen LogP contribution in [0.4, 0.5) is 5.69 Å². The van der Waals surface area contributed by atoms with Crippen molar-refractivity contribution in [3.63, 3.8) is 0 Å². The molecule has 0 radical (unpaired) electrons. The first kappa shape index (κ1) is 11.0. The number of nitrogens with zero attached hydrogens (tertiary/aromatic N) is 3. The van der Waals surface area contributed by atoms with Gasteiger partial charge in [-0.05, 0) is 44.9 Å². The van der Waals surface area contributed by atoms with Crippen LogP contribution in [0.15, 0.2) is 18.5 Å². The summed E-state index contributed by atoms with van der Waals surface area (Å²) < 4.78 is 0. The van der Waals surface area contributed by atoms with Gasteiger partial charge in [-0.15, -0.1) is 0 Å². The Hall–Kier alpha value is -1.09. The Bertz CT molecular complexity index is 404. The molecular weight excluding hydrogens is 210 g/mol. The van der Waals surface area contributed by atoms with E-state index < -0.39 is 0 Å². The van der Waals surface area contributed by atoms with Gasteiger partial charge in [0.1, 0.15) is 0 Å². The second kappa shape index (κ2) is 4.30. The summed E-state index contributed by atoms with van der Waals surface area (Å²) in [4.78, 5) is 9.50. The number of rotatable bonds is 1. The van der Waals surface area contributed by atoms with E-state index in [0.29, 0.717) is 6.04 Å². The molecule has 1 aromatic rings. The Kier molecular flexibility index (Phi) is 2.79. The van der Waals surface area contributed by atoms with Crippen LogP contribution < -0.4 is 4.90 Å². The van der Waals surface area contributed by atoms with Crippen molar-refractivity contribution in [2.45, 2.75) is 38.8 Å². The lowest BCUT2D eigenvalue weighted by Gasteiger charge is -2.44. The van der Waals surface area contributed by atoms with Gasteiger partial charge in [-0.2, -0.15) is 0 Å². The second-order valence-electron chi connectivity index (χ2n) is 5.45. The van der Waals surface area contributed by atoms with Gasteiger partial charge in [-0.1, -0.05) is 0 Å². The first-order valence-corrected chi connectivity index (χ1v) is 6.67. The minimum absolute atomic E-state index is 0.604. The van der Waals surface area contributed by atoms with E-state index in [9.17, 15) is 0 Å². The van der Waals surface area contributed by atoms with Crippen LogP contribution in [0.2, 0.25) is 0 Å². The van der Waals surface area contributed by atoms with Gasteiger partial charge in [0.2, 0.25) is 0 Å². The second-order valence-corrected chi connectivity index (χ2v) is 5.45. The first-order chi connectivity index (χ1) is 8.25. The van der Waals surface area contributed by atoms with Crippen molar-refractivity contribution < 1.29 is 0 Å². The third kappa shape index (κ3) is 1.93. The molecule has 2 atom stereocenters. The minimum Gasteiger partial charge on any atom is -0.365 e. The van der Waals surface area contributed by atoms with Gasteiger partial charge in [-0.25, -0.2) is 0 Å². The molecule has 2 unspecified atom stereocenters. The van der Waals surface area contributed by atoms with Crippen molar-refractivity contribution >= 4 is 5.69 Å². The number of anilines is 1. The summed E-state index contributed by atoms with van der Waals surface area (Å²) in [7, 11) is 0. The van der Waals surface area contributed by atoms with Crippen LogP contribution in [0.5, 0.6) is 0 Å². The normalized spacial score (nSPS) is 29.4. The summed E-state index contributed by atoms with van der Waals surface area (Å²) in [6.45, 7) is 8.20. The molecule has 0 spiro atoms. The standard InChI is InChI=1S/C14H21N3/c1-11-5-6-15-8-14(11)17-10-13-4-3-7-16(13)9-12(17)2/h5-6,8,12-13H,3-4,7,9-10H2,1-2H3. The highest BCUT2D eigenvalue weighted by Crippen LogP contribution is 2.29. The molecule has 0 amide bonds. The minimum atomic E-state index is 0.604. The van der Waals surface area contributed by atoms with Crippen LogP contribution in [0.25, 0.3) is 0 Å². The molecule has 2 saturated heterocycles. The lowest BCUT2D eigenvalue weighted by atomic mass is 10.1. The summed E-state index contributed by atoms with van der Waals surface area (Å²) in [5.41, 5.74) is 2.67. The van der Waals surface area contributed by atoms with Crippen LogP contribution in [-0.4, -0.2) is 41.6 Å². The maximum atomic E-state index is 4.29. The van der Waals surface area contributed by atoms with Gasteiger partial charge in [-0.3, -0.25) is 9.88 Å². The molecule has 0 aliphatic carbocycles. The van der Waals surface area contributed by atoms with Crippen LogP contribution in [0.1, 0.15) is 25.3 Å². The molecule has 0 aromatic carbocycles. The Morgan fingerprint density at radius 1 is 1.35 bits per heavy atom. The molecule has 0 N–H and O–H groups in total. The predicted molar refractivity (Wildman–Crippen MR) is 70.4 cm³/mol. The van der Waals surface area contributed by atoms with E-state index in [4.69, 9.17) is 0 Å². The molecule has 0 bridgehead atoms. The van der Waals surface area contributed by atoms with Crippen molar-refractivity contribution in [1.82, 2.24) is 9.88 Å². The zero-order valence-electron chi connectivity index (χ0n) is 10.8. The summed E-state index contributed by atoms with van der Waals surface area (Å²) in [5.74, 6) is 0. The van der Waals surface area contributed by atoms with E-state index in [1.54, 1.807) is 0 Å². The van der Waals surface area contributed by atoms with Gasteiger partial charge in [0, 0.05) is 31.4 Å². The zero-order valence-corrected chi connectivity index (χ0v) is 10.8.